The Morgan fingerprint density at radius 2 is 1.89 bits per heavy atom. The molecule has 19 heavy (non-hydrogen) atoms. The van der Waals surface area contributed by atoms with Crippen molar-refractivity contribution in [3.05, 3.63) is 0 Å². The summed E-state index contributed by atoms with van der Waals surface area (Å²) in [5.74, 6) is -1.59. The number of carbonyl (C=O) groups is 3. The molecule has 1 atom stereocenters. The van der Waals surface area contributed by atoms with Crippen molar-refractivity contribution in [1.29, 1.82) is 0 Å². The Kier molecular flexibility index (Phi) is 9.10. The van der Waals surface area contributed by atoms with Gasteiger partial charge in [-0.25, -0.2) is 9.59 Å². The van der Waals surface area contributed by atoms with E-state index in [1.807, 2.05) is 5.32 Å². The number of amides is 3. The normalized spacial score (nSPS) is 11.5. The van der Waals surface area contributed by atoms with Gasteiger partial charge in [-0.05, 0) is 0 Å². The van der Waals surface area contributed by atoms with E-state index in [9.17, 15) is 14.4 Å². The van der Waals surface area contributed by atoms with Crippen molar-refractivity contribution in [3.8, 4) is 0 Å². The lowest BCUT2D eigenvalue weighted by molar-refractivity contribution is -0.140. The van der Waals surface area contributed by atoms with E-state index in [0.717, 1.165) is 0 Å². The van der Waals surface area contributed by atoms with Crippen LogP contribution in [0.25, 0.3) is 0 Å². The van der Waals surface area contributed by atoms with Crippen molar-refractivity contribution in [2.45, 2.75) is 12.5 Å². The van der Waals surface area contributed by atoms with Gasteiger partial charge in [0.25, 0.3) is 0 Å². The van der Waals surface area contributed by atoms with Crippen LogP contribution in [0.2, 0.25) is 0 Å². The van der Waals surface area contributed by atoms with Gasteiger partial charge in [-0.15, -0.1) is 0 Å². The van der Waals surface area contributed by atoms with Crippen LogP contribution < -0.4 is 16.0 Å². The number of rotatable bonds is 9. The van der Waals surface area contributed by atoms with Crippen molar-refractivity contribution in [1.82, 2.24) is 16.0 Å². The Morgan fingerprint density at radius 1 is 1.21 bits per heavy atom. The molecule has 0 aromatic heterocycles. The van der Waals surface area contributed by atoms with Crippen LogP contribution in [0.4, 0.5) is 4.79 Å². The molecule has 0 unspecified atom stereocenters. The molecule has 0 saturated carbocycles. The summed E-state index contributed by atoms with van der Waals surface area (Å²) in [6.45, 7) is 0.131. The lowest BCUT2D eigenvalue weighted by Gasteiger charge is -2.12. The van der Waals surface area contributed by atoms with Gasteiger partial charge in [0.2, 0.25) is 5.91 Å². The highest BCUT2D eigenvalue weighted by Crippen LogP contribution is 1.83. The molecule has 9 nitrogen and oxygen atoms in total. The quantitative estimate of drug-likeness (QED) is 0.306. The second-order valence-electron chi connectivity index (χ2n) is 3.57. The maximum absolute atomic E-state index is 11.2. The zero-order valence-electron chi connectivity index (χ0n) is 10.6. The van der Waals surface area contributed by atoms with Crippen molar-refractivity contribution in [2.75, 3.05) is 33.4 Å². The summed E-state index contributed by atoms with van der Waals surface area (Å²) in [6.07, 6.45) is 0.0635. The van der Waals surface area contributed by atoms with Gasteiger partial charge in [0.15, 0.2) is 6.04 Å². The zero-order chi connectivity index (χ0) is 14.7. The van der Waals surface area contributed by atoms with Crippen LogP contribution in [-0.4, -0.2) is 67.6 Å². The Balaban J connectivity index is 3.73. The maximum Gasteiger partial charge on any atom is 0.328 e. The summed E-state index contributed by atoms with van der Waals surface area (Å²) >= 11 is 0. The van der Waals surface area contributed by atoms with Gasteiger partial charge >= 0.3 is 12.0 Å². The lowest BCUT2D eigenvalue weighted by Crippen LogP contribution is -2.48. The summed E-state index contributed by atoms with van der Waals surface area (Å²) in [5.41, 5.74) is 0. The zero-order valence-corrected chi connectivity index (χ0v) is 10.6. The smallest absolute Gasteiger partial charge is 0.328 e. The molecule has 110 valence electrons. The highest BCUT2D eigenvalue weighted by atomic mass is 16.5. The van der Waals surface area contributed by atoms with E-state index in [0.29, 0.717) is 13.2 Å². The average Bonchev–Trinajstić information content (AvgIpc) is 2.36. The monoisotopic (exact) mass is 277 g/mol. The van der Waals surface area contributed by atoms with Crippen LogP contribution in [0.3, 0.4) is 0 Å². The SMILES string of the molecule is COCCNC(=O)CCNC(=O)N[C@@H](CO)C(=O)O. The van der Waals surface area contributed by atoms with Crippen molar-refractivity contribution in [2.24, 2.45) is 0 Å². The number of hydrogen-bond donors (Lipinski definition) is 5. The minimum Gasteiger partial charge on any atom is -0.480 e. The fraction of sp³-hybridized carbons (Fsp3) is 0.700. The van der Waals surface area contributed by atoms with Gasteiger partial charge in [-0.3, -0.25) is 4.79 Å². The summed E-state index contributed by atoms with van der Waals surface area (Å²) < 4.78 is 4.74. The van der Waals surface area contributed by atoms with Crippen molar-refractivity contribution in [3.63, 3.8) is 0 Å². The number of aliphatic hydroxyl groups is 1. The van der Waals surface area contributed by atoms with Crippen molar-refractivity contribution < 1.29 is 29.3 Å². The number of aliphatic carboxylic acids is 1. The van der Waals surface area contributed by atoms with E-state index in [1.54, 1.807) is 0 Å². The molecule has 0 spiro atoms. The number of ether oxygens (including phenoxy) is 1. The largest absolute Gasteiger partial charge is 0.480 e. The predicted octanol–water partition coefficient (Wildman–Crippen LogP) is -2.12. The van der Waals surface area contributed by atoms with E-state index in [-0.39, 0.29) is 18.9 Å². The Morgan fingerprint density at radius 3 is 2.42 bits per heavy atom. The molecule has 0 aliphatic heterocycles. The second kappa shape index (κ2) is 10.1. The molecule has 0 aliphatic carbocycles. The number of hydrogen-bond acceptors (Lipinski definition) is 5. The third kappa shape index (κ3) is 8.80. The standard InChI is InChI=1S/C10H19N3O6/c1-19-5-4-11-8(15)2-3-12-10(18)13-7(6-14)9(16)17/h7,14H,2-6H2,1H3,(H,11,15)(H,16,17)(H2,12,13,18)/t7-/m0/s1. The van der Waals surface area contributed by atoms with Gasteiger partial charge in [0.05, 0.1) is 13.2 Å². The minimum absolute atomic E-state index is 0.0580. The number of nitrogens with one attached hydrogen (secondary N) is 3. The van der Waals surface area contributed by atoms with Gasteiger partial charge in [0.1, 0.15) is 0 Å². The van der Waals surface area contributed by atoms with Crippen LogP contribution in [0.15, 0.2) is 0 Å². The molecule has 3 amide bonds. The number of carbonyl (C=O) groups excluding carboxylic acids is 2. The van der Waals surface area contributed by atoms with Crippen LogP contribution in [0.5, 0.6) is 0 Å². The second-order valence-corrected chi connectivity index (χ2v) is 3.57. The predicted molar refractivity (Wildman–Crippen MR) is 64.5 cm³/mol. The van der Waals surface area contributed by atoms with Crippen molar-refractivity contribution >= 4 is 17.9 Å². The van der Waals surface area contributed by atoms with Crippen LogP contribution >= 0.6 is 0 Å². The Hall–Kier alpha value is -1.87. The summed E-state index contributed by atoms with van der Waals surface area (Å²) in [5, 5.41) is 24.2. The Bertz CT molecular complexity index is 310. The van der Waals surface area contributed by atoms with Gasteiger partial charge in [0, 0.05) is 26.6 Å². The van der Waals surface area contributed by atoms with E-state index < -0.39 is 24.6 Å². The molecular weight excluding hydrogens is 258 g/mol. The molecule has 9 heteroatoms. The number of carboxylic acids is 1. The summed E-state index contributed by atoms with van der Waals surface area (Å²) in [6, 6.07) is -2.12. The van der Waals surface area contributed by atoms with E-state index in [4.69, 9.17) is 14.9 Å². The summed E-state index contributed by atoms with van der Waals surface area (Å²) in [4.78, 5) is 32.9. The fourth-order valence-corrected chi connectivity index (χ4v) is 1.07. The lowest BCUT2D eigenvalue weighted by atomic mass is 10.3. The van der Waals surface area contributed by atoms with E-state index >= 15 is 0 Å². The van der Waals surface area contributed by atoms with Crippen LogP contribution in [0.1, 0.15) is 6.42 Å². The molecule has 0 rings (SSSR count). The Labute approximate surface area is 110 Å². The molecule has 0 bridgehead atoms. The van der Waals surface area contributed by atoms with E-state index in [2.05, 4.69) is 10.6 Å². The first kappa shape index (κ1) is 17.1. The first-order valence-corrected chi connectivity index (χ1v) is 5.65. The topological polar surface area (TPSA) is 137 Å². The van der Waals surface area contributed by atoms with Gasteiger partial charge in [-0.1, -0.05) is 0 Å². The molecule has 0 saturated heterocycles. The number of carboxylic acid groups (broad SMARTS) is 1. The molecule has 0 fully saturated rings. The number of methoxy groups -OCH3 is 1. The molecule has 0 radical (unpaired) electrons. The molecule has 0 heterocycles. The highest BCUT2D eigenvalue weighted by molar-refractivity contribution is 5.83. The number of urea groups is 1. The summed E-state index contributed by atoms with van der Waals surface area (Å²) in [7, 11) is 1.51. The average molecular weight is 277 g/mol. The van der Waals surface area contributed by atoms with Crippen LogP contribution in [0, 0.1) is 0 Å². The van der Waals surface area contributed by atoms with Gasteiger partial charge < -0.3 is 30.9 Å². The van der Waals surface area contributed by atoms with Gasteiger partial charge in [-0.2, -0.15) is 0 Å². The minimum atomic E-state index is -1.37. The first-order valence-electron chi connectivity index (χ1n) is 5.65. The molecule has 0 aromatic rings. The molecular formula is C10H19N3O6. The molecule has 0 aromatic carbocycles. The first-order chi connectivity index (χ1) is 9.01. The number of aliphatic hydroxyl groups excluding tert-OH is 1. The third-order valence-corrected chi connectivity index (χ3v) is 2.05. The van der Waals surface area contributed by atoms with E-state index in [1.165, 1.54) is 7.11 Å². The fourth-order valence-electron chi connectivity index (χ4n) is 1.07. The third-order valence-electron chi connectivity index (χ3n) is 2.05. The highest BCUT2D eigenvalue weighted by Gasteiger charge is 2.18. The molecule has 5 N–H and O–H groups in total. The maximum atomic E-state index is 11.2. The molecule has 0 aliphatic rings. The van der Waals surface area contributed by atoms with Crippen LogP contribution in [-0.2, 0) is 14.3 Å².